The SMILES string of the molecule is COc1ccc(C(=O)OC2Cc3ccccc3C2Oc2cccn3c(CO)c(C)nc23)cc1OC. The number of ether oxygens (including phenoxy) is 4. The third kappa shape index (κ3) is 4.06. The van der Waals surface area contributed by atoms with Gasteiger partial charge in [-0.1, -0.05) is 24.3 Å². The van der Waals surface area contributed by atoms with E-state index in [1.807, 2.05) is 53.9 Å². The molecule has 180 valence electrons. The second-order valence-corrected chi connectivity index (χ2v) is 8.32. The quantitative estimate of drug-likeness (QED) is 0.404. The molecule has 1 N–H and O–H groups in total. The molecule has 2 unspecified atom stereocenters. The average molecular weight is 475 g/mol. The van der Waals surface area contributed by atoms with E-state index in [4.69, 9.17) is 18.9 Å². The Morgan fingerprint density at radius 1 is 1.06 bits per heavy atom. The van der Waals surface area contributed by atoms with Crippen molar-refractivity contribution >= 4 is 11.6 Å². The number of esters is 1. The van der Waals surface area contributed by atoms with Crippen molar-refractivity contribution < 1.29 is 28.8 Å². The van der Waals surface area contributed by atoms with Crippen LogP contribution in [-0.2, 0) is 17.8 Å². The fourth-order valence-corrected chi connectivity index (χ4v) is 4.56. The van der Waals surface area contributed by atoms with Crippen LogP contribution in [0.1, 0.15) is 39.0 Å². The van der Waals surface area contributed by atoms with E-state index in [1.165, 1.54) is 7.11 Å². The van der Waals surface area contributed by atoms with Crippen molar-refractivity contribution in [2.24, 2.45) is 0 Å². The lowest BCUT2D eigenvalue weighted by Gasteiger charge is -2.23. The number of aliphatic hydroxyl groups is 1. The summed E-state index contributed by atoms with van der Waals surface area (Å²) in [5.74, 6) is 1.05. The summed E-state index contributed by atoms with van der Waals surface area (Å²) < 4.78 is 24.8. The molecule has 0 spiro atoms. The first-order valence-corrected chi connectivity index (χ1v) is 11.3. The average Bonchev–Trinajstić information content (AvgIpc) is 3.40. The molecular formula is C27H26N2O6. The van der Waals surface area contributed by atoms with Crippen molar-refractivity contribution in [3.63, 3.8) is 0 Å². The van der Waals surface area contributed by atoms with Crippen LogP contribution in [0.5, 0.6) is 17.2 Å². The number of rotatable bonds is 7. The number of pyridine rings is 1. The molecule has 0 radical (unpaired) electrons. The standard InChI is InChI=1S/C27H26N2O6/c1-16-20(15-30)29-12-6-9-22(26(29)28-16)34-25-19-8-5-4-7-17(19)13-24(25)35-27(31)18-10-11-21(32-2)23(14-18)33-3/h4-12,14,24-25,30H,13,15H2,1-3H3. The maximum absolute atomic E-state index is 13.1. The van der Waals surface area contributed by atoms with Gasteiger partial charge in [0.25, 0.3) is 0 Å². The van der Waals surface area contributed by atoms with E-state index in [2.05, 4.69) is 4.98 Å². The van der Waals surface area contributed by atoms with Crippen molar-refractivity contribution in [2.75, 3.05) is 14.2 Å². The molecule has 2 heterocycles. The number of carbonyl (C=O) groups excluding carboxylic acids is 1. The van der Waals surface area contributed by atoms with Gasteiger partial charge in [-0.2, -0.15) is 0 Å². The highest BCUT2D eigenvalue weighted by Crippen LogP contribution is 2.39. The van der Waals surface area contributed by atoms with Gasteiger partial charge in [-0.3, -0.25) is 4.40 Å². The molecule has 0 fully saturated rings. The van der Waals surface area contributed by atoms with Crippen molar-refractivity contribution in [1.82, 2.24) is 9.38 Å². The summed E-state index contributed by atoms with van der Waals surface area (Å²) >= 11 is 0. The second kappa shape index (κ2) is 9.31. The zero-order valence-corrected chi connectivity index (χ0v) is 19.7. The van der Waals surface area contributed by atoms with Crippen LogP contribution in [0, 0.1) is 6.92 Å². The van der Waals surface area contributed by atoms with Gasteiger partial charge in [-0.25, -0.2) is 9.78 Å². The number of aromatic nitrogens is 2. The predicted molar refractivity (Wildman–Crippen MR) is 128 cm³/mol. The Balaban J connectivity index is 1.46. The molecule has 0 aliphatic heterocycles. The third-order valence-electron chi connectivity index (χ3n) is 6.32. The highest BCUT2D eigenvalue weighted by atomic mass is 16.6. The minimum absolute atomic E-state index is 0.131. The van der Waals surface area contributed by atoms with E-state index in [1.54, 1.807) is 25.3 Å². The van der Waals surface area contributed by atoms with Crippen LogP contribution in [-0.4, -0.2) is 40.8 Å². The normalized spacial score (nSPS) is 16.7. The van der Waals surface area contributed by atoms with Crippen LogP contribution in [0.3, 0.4) is 0 Å². The second-order valence-electron chi connectivity index (χ2n) is 8.32. The highest BCUT2D eigenvalue weighted by molar-refractivity contribution is 5.90. The fraction of sp³-hybridized carbons (Fsp3) is 0.259. The Hall–Kier alpha value is -4.04. The molecule has 2 aromatic carbocycles. The molecule has 4 aromatic rings. The smallest absolute Gasteiger partial charge is 0.338 e. The molecule has 2 aromatic heterocycles. The summed E-state index contributed by atoms with van der Waals surface area (Å²) in [4.78, 5) is 17.7. The number of hydrogen-bond acceptors (Lipinski definition) is 7. The number of carbonyl (C=O) groups is 1. The molecule has 2 atom stereocenters. The topological polar surface area (TPSA) is 91.5 Å². The maximum atomic E-state index is 13.1. The minimum atomic E-state index is -0.540. The van der Waals surface area contributed by atoms with Gasteiger partial charge in [-0.15, -0.1) is 0 Å². The molecule has 0 saturated carbocycles. The molecule has 0 amide bonds. The van der Waals surface area contributed by atoms with Crippen molar-refractivity contribution in [3.8, 4) is 17.2 Å². The Kier molecular flexibility index (Phi) is 6.05. The molecule has 1 aliphatic rings. The van der Waals surface area contributed by atoms with Gasteiger partial charge >= 0.3 is 5.97 Å². The van der Waals surface area contributed by atoms with Crippen LogP contribution in [0.25, 0.3) is 5.65 Å². The van der Waals surface area contributed by atoms with Gasteiger partial charge < -0.3 is 24.1 Å². The van der Waals surface area contributed by atoms with Crippen LogP contribution < -0.4 is 14.2 Å². The van der Waals surface area contributed by atoms with Gasteiger partial charge in [0.05, 0.1) is 37.8 Å². The monoisotopic (exact) mass is 474 g/mol. The van der Waals surface area contributed by atoms with E-state index in [9.17, 15) is 9.90 Å². The zero-order valence-electron chi connectivity index (χ0n) is 19.7. The number of aliphatic hydroxyl groups excluding tert-OH is 1. The molecular weight excluding hydrogens is 448 g/mol. The highest BCUT2D eigenvalue weighted by Gasteiger charge is 2.38. The summed E-state index contributed by atoms with van der Waals surface area (Å²) in [6, 6.07) is 16.5. The molecule has 35 heavy (non-hydrogen) atoms. The third-order valence-corrected chi connectivity index (χ3v) is 6.32. The molecule has 1 aliphatic carbocycles. The van der Waals surface area contributed by atoms with E-state index < -0.39 is 18.2 Å². The molecule has 5 rings (SSSR count). The maximum Gasteiger partial charge on any atom is 0.338 e. The Bertz CT molecular complexity index is 1400. The predicted octanol–water partition coefficient (Wildman–Crippen LogP) is 4.05. The van der Waals surface area contributed by atoms with E-state index in [0.717, 1.165) is 16.8 Å². The van der Waals surface area contributed by atoms with Crippen LogP contribution in [0.4, 0.5) is 0 Å². The number of benzene rings is 2. The zero-order chi connectivity index (χ0) is 24.5. The first-order valence-electron chi connectivity index (χ1n) is 11.3. The van der Waals surface area contributed by atoms with Gasteiger partial charge in [0.1, 0.15) is 6.10 Å². The van der Waals surface area contributed by atoms with Crippen LogP contribution in [0.15, 0.2) is 60.8 Å². The van der Waals surface area contributed by atoms with E-state index in [-0.39, 0.29) is 6.61 Å². The van der Waals surface area contributed by atoms with Gasteiger partial charge in [-0.05, 0) is 48.4 Å². The summed E-state index contributed by atoms with van der Waals surface area (Å²) in [7, 11) is 3.06. The molecule has 8 heteroatoms. The number of hydrogen-bond donors (Lipinski definition) is 1. The molecule has 0 saturated heterocycles. The lowest BCUT2D eigenvalue weighted by atomic mass is 10.1. The Morgan fingerprint density at radius 3 is 2.63 bits per heavy atom. The first kappa shape index (κ1) is 22.7. The van der Waals surface area contributed by atoms with Crippen molar-refractivity contribution in [2.45, 2.75) is 32.2 Å². The van der Waals surface area contributed by atoms with Crippen LogP contribution >= 0.6 is 0 Å². The number of methoxy groups -OCH3 is 2. The summed E-state index contributed by atoms with van der Waals surface area (Å²) in [5.41, 5.74) is 4.41. The number of aryl methyl sites for hydroxylation is 1. The first-order chi connectivity index (χ1) is 17.0. The number of imidazole rings is 1. The van der Waals surface area contributed by atoms with Gasteiger partial charge in [0.2, 0.25) is 0 Å². The summed E-state index contributed by atoms with van der Waals surface area (Å²) in [5, 5.41) is 9.75. The molecule has 8 nitrogen and oxygen atoms in total. The van der Waals surface area contributed by atoms with Crippen molar-refractivity contribution in [3.05, 3.63) is 88.9 Å². The summed E-state index contributed by atoms with van der Waals surface area (Å²) in [6.45, 7) is 1.72. The largest absolute Gasteiger partial charge is 0.493 e. The van der Waals surface area contributed by atoms with Crippen LogP contribution in [0.2, 0.25) is 0 Å². The lowest BCUT2D eigenvalue weighted by molar-refractivity contribution is -0.00288. The van der Waals surface area contributed by atoms with E-state index in [0.29, 0.717) is 40.6 Å². The van der Waals surface area contributed by atoms with E-state index >= 15 is 0 Å². The Labute approximate surface area is 202 Å². The minimum Gasteiger partial charge on any atom is -0.493 e. The summed E-state index contributed by atoms with van der Waals surface area (Å²) in [6.07, 6.45) is 1.31. The Morgan fingerprint density at radius 2 is 1.86 bits per heavy atom. The lowest BCUT2D eigenvalue weighted by Crippen LogP contribution is -2.26. The van der Waals surface area contributed by atoms with Gasteiger partial charge in [0, 0.05) is 12.6 Å². The number of nitrogens with zero attached hydrogens (tertiary/aromatic N) is 2. The molecule has 0 bridgehead atoms. The van der Waals surface area contributed by atoms with Gasteiger partial charge in [0.15, 0.2) is 29.0 Å². The number of fused-ring (bicyclic) bond motifs is 2. The van der Waals surface area contributed by atoms with Crippen molar-refractivity contribution in [1.29, 1.82) is 0 Å². The fourth-order valence-electron chi connectivity index (χ4n) is 4.56.